The van der Waals surface area contributed by atoms with Crippen LogP contribution < -0.4 is 0 Å². The van der Waals surface area contributed by atoms with Gasteiger partial charge in [-0.2, -0.15) is 0 Å². The standard InChI is InChI=1S/C13H16N2O4S/c1-20-10-4-5-12(15(18)19)11(7-10)13(17)14-6-2-3-9(16)8-14/h4-5,7,9,16H,2-3,6,8H2,1H3/t9-/m0/s1. The van der Waals surface area contributed by atoms with Crippen molar-refractivity contribution >= 4 is 23.4 Å². The molecule has 1 aliphatic rings. The second-order valence-electron chi connectivity index (χ2n) is 4.69. The van der Waals surface area contributed by atoms with Crippen LogP contribution in [0.25, 0.3) is 0 Å². The van der Waals surface area contributed by atoms with Crippen molar-refractivity contribution in [2.24, 2.45) is 0 Å². The van der Waals surface area contributed by atoms with E-state index in [-0.39, 0.29) is 23.7 Å². The number of likely N-dealkylation sites (tertiary alicyclic amines) is 1. The maximum absolute atomic E-state index is 12.4. The molecule has 1 heterocycles. The number of carbonyl (C=O) groups excluding carboxylic acids is 1. The van der Waals surface area contributed by atoms with Crippen LogP contribution in [0.15, 0.2) is 23.1 Å². The number of piperidine rings is 1. The number of nitrogens with zero attached hydrogens (tertiary/aromatic N) is 2. The van der Waals surface area contributed by atoms with Crippen LogP contribution in [0.3, 0.4) is 0 Å². The van der Waals surface area contributed by atoms with Crippen molar-refractivity contribution in [3.8, 4) is 0 Å². The molecule has 1 N–H and O–H groups in total. The lowest BCUT2D eigenvalue weighted by Crippen LogP contribution is -2.42. The first kappa shape index (κ1) is 14.8. The summed E-state index contributed by atoms with van der Waals surface area (Å²) in [7, 11) is 0. The smallest absolute Gasteiger partial charge is 0.282 e. The number of amides is 1. The van der Waals surface area contributed by atoms with Crippen LogP contribution in [0.1, 0.15) is 23.2 Å². The Hall–Kier alpha value is -1.60. The van der Waals surface area contributed by atoms with Crippen LogP contribution in [0.4, 0.5) is 5.69 Å². The highest BCUT2D eigenvalue weighted by Crippen LogP contribution is 2.26. The Morgan fingerprint density at radius 1 is 1.55 bits per heavy atom. The number of aliphatic hydroxyl groups is 1. The fourth-order valence-electron chi connectivity index (χ4n) is 2.28. The molecule has 1 aromatic rings. The van der Waals surface area contributed by atoms with Crippen molar-refractivity contribution in [3.63, 3.8) is 0 Å². The van der Waals surface area contributed by atoms with Crippen molar-refractivity contribution in [1.82, 2.24) is 4.90 Å². The highest BCUT2D eigenvalue weighted by atomic mass is 32.2. The molecule has 0 saturated carbocycles. The third kappa shape index (κ3) is 3.10. The van der Waals surface area contributed by atoms with Gasteiger partial charge in [0.2, 0.25) is 0 Å². The van der Waals surface area contributed by atoms with Crippen LogP contribution in [-0.2, 0) is 0 Å². The molecule has 1 fully saturated rings. The van der Waals surface area contributed by atoms with E-state index < -0.39 is 11.0 Å². The lowest BCUT2D eigenvalue weighted by molar-refractivity contribution is -0.385. The molecule has 0 spiro atoms. The fourth-order valence-corrected chi connectivity index (χ4v) is 2.72. The zero-order valence-electron chi connectivity index (χ0n) is 11.1. The van der Waals surface area contributed by atoms with Crippen molar-refractivity contribution in [2.45, 2.75) is 23.8 Å². The first-order valence-electron chi connectivity index (χ1n) is 6.32. The third-order valence-electron chi connectivity index (χ3n) is 3.31. The lowest BCUT2D eigenvalue weighted by atomic mass is 10.1. The van der Waals surface area contributed by atoms with Gasteiger partial charge in [0.05, 0.1) is 11.0 Å². The van der Waals surface area contributed by atoms with E-state index in [0.717, 1.165) is 4.90 Å². The minimum atomic E-state index is -0.546. The van der Waals surface area contributed by atoms with Crippen LogP contribution in [0, 0.1) is 10.1 Å². The number of hydrogen-bond donors (Lipinski definition) is 1. The largest absolute Gasteiger partial charge is 0.391 e. The second kappa shape index (κ2) is 6.23. The molecular weight excluding hydrogens is 280 g/mol. The zero-order valence-corrected chi connectivity index (χ0v) is 11.9. The summed E-state index contributed by atoms with van der Waals surface area (Å²) in [5.41, 5.74) is -0.0937. The van der Waals surface area contributed by atoms with E-state index in [1.54, 1.807) is 12.1 Å². The van der Waals surface area contributed by atoms with Crippen molar-refractivity contribution in [3.05, 3.63) is 33.9 Å². The van der Waals surface area contributed by atoms with Crippen LogP contribution in [0.5, 0.6) is 0 Å². The van der Waals surface area contributed by atoms with E-state index >= 15 is 0 Å². The van der Waals surface area contributed by atoms with Gasteiger partial charge in [-0.1, -0.05) is 0 Å². The first-order valence-corrected chi connectivity index (χ1v) is 7.55. The Balaban J connectivity index is 2.34. The summed E-state index contributed by atoms with van der Waals surface area (Å²) in [5, 5.41) is 20.7. The average molecular weight is 296 g/mol. The Morgan fingerprint density at radius 3 is 2.90 bits per heavy atom. The number of thioether (sulfide) groups is 1. The summed E-state index contributed by atoms with van der Waals surface area (Å²) in [6.07, 6.45) is 2.68. The van der Waals surface area contributed by atoms with Crippen LogP contribution in [0.2, 0.25) is 0 Å². The molecule has 0 aromatic heterocycles. The number of rotatable bonds is 3. The normalized spacial score (nSPS) is 18.9. The zero-order chi connectivity index (χ0) is 14.7. The lowest BCUT2D eigenvalue weighted by Gasteiger charge is -2.30. The SMILES string of the molecule is CSc1ccc([N+](=O)[O-])c(C(=O)N2CCC[C@H](O)C2)c1. The molecule has 2 rings (SSSR count). The molecule has 108 valence electrons. The minimum Gasteiger partial charge on any atom is -0.391 e. The molecule has 1 aliphatic heterocycles. The van der Waals surface area contributed by atoms with Crippen LogP contribution >= 0.6 is 11.8 Å². The molecule has 0 aliphatic carbocycles. The highest BCUT2D eigenvalue weighted by Gasteiger charge is 2.28. The van der Waals surface area contributed by atoms with Gasteiger partial charge in [0.25, 0.3) is 11.6 Å². The third-order valence-corrected chi connectivity index (χ3v) is 4.04. The number of carbonyl (C=O) groups is 1. The van der Waals surface area contributed by atoms with Gasteiger partial charge in [-0.15, -0.1) is 11.8 Å². The quantitative estimate of drug-likeness (QED) is 0.523. The molecule has 7 heteroatoms. The number of β-amino-alcohol motifs (C(OH)–C–C–N with tert-alkyl or cyclic N) is 1. The number of benzene rings is 1. The summed E-state index contributed by atoms with van der Waals surface area (Å²) in [5.74, 6) is -0.383. The summed E-state index contributed by atoms with van der Waals surface area (Å²) >= 11 is 1.43. The monoisotopic (exact) mass is 296 g/mol. The van der Waals surface area contributed by atoms with Gasteiger partial charge in [0.15, 0.2) is 0 Å². The Morgan fingerprint density at radius 2 is 2.30 bits per heavy atom. The predicted molar refractivity (Wildman–Crippen MR) is 76.0 cm³/mol. The molecule has 0 unspecified atom stereocenters. The summed E-state index contributed by atoms with van der Waals surface area (Å²) in [6.45, 7) is 0.760. The van der Waals surface area contributed by atoms with E-state index in [1.807, 2.05) is 6.26 Å². The van der Waals surface area contributed by atoms with Crippen molar-refractivity contribution < 1.29 is 14.8 Å². The van der Waals surface area contributed by atoms with Gasteiger partial charge in [0.1, 0.15) is 5.56 Å². The molecule has 20 heavy (non-hydrogen) atoms. The molecule has 1 saturated heterocycles. The highest BCUT2D eigenvalue weighted by molar-refractivity contribution is 7.98. The molecule has 6 nitrogen and oxygen atoms in total. The maximum atomic E-state index is 12.4. The average Bonchev–Trinajstić information content (AvgIpc) is 2.45. The molecule has 1 amide bonds. The summed E-state index contributed by atoms with van der Waals surface area (Å²) in [4.78, 5) is 25.2. The number of nitro groups is 1. The number of hydrogen-bond acceptors (Lipinski definition) is 5. The van der Waals surface area contributed by atoms with Gasteiger partial charge in [-0.25, -0.2) is 0 Å². The Labute approximate surface area is 120 Å². The van der Waals surface area contributed by atoms with Crippen molar-refractivity contribution in [2.75, 3.05) is 19.3 Å². The van der Waals surface area contributed by atoms with E-state index in [1.165, 1.54) is 22.7 Å². The number of nitro benzene ring substituents is 1. The number of aliphatic hydroxyl groups excluding tert-OH is 1. The second-order valence-corrected chi connectivity index (χ2v) is 5.57. The van der Waals surface area contributed by atoms with Gasteiger partial charge in [-0.05, 0) is 31.2 Å². The van der Waals surface area contributed by atoms with Gasteiger partial charge in [0, 0.05) is 24.1 Å². The fraction of sp³-hybridized carbons (Fsp3) is 0.462. The van der Waals surface area contributed by atoms with Gasteiger partial charge >= 0.3 is 0 Å². The van der Waals surface area contributed by atoms with E-state index in [2.05, 4.69) is 0 Å². The Kier molecular flexibility index (Phi) is 4.61. The molecule has 1 aromatic carbocycles. The summed E-state index contributed by atoms with van der Waals surface area (Å²) in [6, 6.07) is 4.54. The topological polar surface area (TPSA) is 83.7 Å². The van der Waals surface area contributed by atoms with Gasteiger partial charge < -0.3 is 10.0 Å². The van der Waals surface area contributed by atoms with E-state index in [4.69, 9.17) is 0 Å². The first-order chi connectivity index (χ1) is 9.52. The molecule has 0 radical (unpaired) electrons. The summed E-state index contributed by atoms with van der Waals surface area (Å²) < 4.78 is 0. The predicted octanol–water partition coefficient (Wildman–Crippen LogP) is 1.91. The van der Waals surface area contributed by atoms with Crippen molar-refractivity contribution in [1.29, 1.82) is 0 Å². The van der Waals surface area contributed by atoms with Gasteiger partial charge in [-0.3, -0.25) is 14.9 Å². The molecule has 1 atom stereocenters. The van der Waals surface area contributed by atoms with E-state index in [9.17, 15) is 20.0 Å². The minimum absolute atomic E-state index is 0.0935. The van der Waals surface area contributed by atoms with Crippen LogP contribution in [-0.4, -0.2) is 46.3 Å². The molecular formula is C13H16N2O4S. The maximum Gasteiger partial charge on any atom is 0.282 e. The molecule has 0 bridgehead atoms. The Bertz CT molecular complexity index is 535. The van der Waals surface area contributed by atoms with E-state index in [0.29, 0.717) is 19.4 Å².